The summed E-state index contributed by atoms with van der Waals surface area (Å²) in [7, 11) is 0. The zero-order valence-corrected chi connectivity index (χ0v) is 17.2. The molecule has 0 aliphatic carbocycles. The molecule has 31 heavy (non-hydrogen) atoms. The van der Waals surface area contributed by atoms with Crippen molar-refractivity contribution >= 4 is 23.4 Å². The molecule has 8 heteroatoms. The van der Waals surface area contributed by atoms with Crippen LogP contribution in [0.1, 0.15) is 18.4 Å². The van der Waals surface area contributed by atoms with Crippen LogP contribution in [0.2, 0.25) is 5.02 Å². The molecule has 1 aromatic heterocycles. The molecule has 0 bridgehead atoms. The molecule has 2 heterocycles. The van der Waals surface area contributed by atoms with Crippen molar-refractivity contribution in [1.82, 2.24) is 15.6 Å². The lowest BCUT2D eigenvalue weighted by Crippen LogP contribution is -2.40. The van der Waals surface area contributed by atoms with Crippen molar-refractivity contribution in [1.29, 1.82) is 0 Å². The number of carbonyl (C=O) groups excluding carboxylic acids is 2. The third-order valence-corrected chi connectivity index (χ3v) is 5.51. The summed E-state index contributed by atoms with van der Waals surface area (Å²) in [6.45, 7) is 0.542. The molecule has 1 aliphatic rings. The van der Waals surface area contributed by atoms with Gasteiger partial charge in [0.05, 0.1) is 5.69 Å². The lowest BCUT2D eigenvalue weighted by atomic mass is 10.0. The minimum absolute atomic E-state index is 0.123. The molecular weight excluding hydrogens is 424 g/mol. The fourth-order valence-corrected chi connectivity index (χ4v) is 3.78. The first-order chi connectivity index (χ1) is 14.9. The molecule has 5 nitrogen and oxygen atoms in total. The second kappa shape index (κ2) is 8.89. The highest BCUT2D eigenvalue weighted by Crippen LogP contribution is 2.32. The lowest BCUT2D eigenvalue weighted by Gasteiger charge is -2.10. The summed E-state index contributed by atoms with van der Waals surface area (Å²) in [5.74, 6) is -1.81. The normalized spacial score (nSPS) is 15.7. The highest BCUT2D eigenvalue weighted by Gasteiger charge is 2.25. The van der Waals surface area contributed by atoms with Gasteiger partial charge in [-0.15, -0.1) is 0 Å². The largest absolute Gasteiger partial charge is 0.354 e. The minimum Gasteiger partial charge on any atom is -0.354 e. The number of hydrogen-bond donors (Lipinski definition) is 3. The standard InChI is InChI=1S/C23H20ClF2N3O2/c24-15-4-1-13(2-5-15)20-11-14(3-8-21(30)28-19-9-10-27-23(19)31)22(29-20)17-7-6-16(25)12-18(17)26/h1-2,4-7,11-12,19,29H,3,8-10H2,(H,27,31)(H,28,30). The zero-order chi connectivity index (χ0) is 22.0. The van der Waals surface area contributed by atoms with E-state index in [-0.39, 0.29) is 23.8 Å². The molecule has 4 rings (SSSR count). The number of nitrogens with one attached hydrogen (secondary N) is 3. The fourth-order valence-electron chi connectivity index (χ4n) is 3.66. The first kappa shape index (κ1) is 21.1. The van der Waals surface area contributed by atoms with Gasteiger partial charge in [0.15, 0.2) is 0 Å². The molecule has 3 N–H and O–H groups in total. The summed E-state index contributed by atoms with van der Waals surface area (Å²) >= 11 is 5.96. The van der Waals surface area contributed by atoms with E-state index in [9.17, 15) is 18.4 Å². The van der Waals surface area contributed by atoms with E-state index in [2.05, 4.69) is 15.6 Å². The Morgan fingerprint density at radius 3 is 2.58 bits per heavy atom. The van der Waals surface area contributed by atoms with Gasteiger partial charge in [0.25, 0.3) is 0 Å². The maximum absolute atomic E-state index is 14.5. The van der Waals surface area contributed by atoms with Crippen LogP contribution in [0.4, 0.5) is 8.78 Å². The Kier molecular flexibility index (Phi) is 6.04. The van der Waals surface area contributed by atoms with E-state index in [1.807, 2.05) is 18.2 Å². The van der Waals surface area contributed by atoms with Gasteiger partial charge in [-0.1, -0.05) is 23.7 Å². The van der Waals surface area contributed by atoms with Gasteiger partial charge < -0.3 is 15.6 Å². The van der Waals surface area contributed by atoms with Crippen molar-refractivity contribution in [2.45, 2.75) is 25.3 Å². The van der Waals surface area contributed by atoms with Gasteiger partial charge in [-0.05, 0) is 54.3 Å². The van der Waals surface area contributed by atoms with Crippen LogP contribution in [-0.4, -0.2) is 29.4 Å². The topological polar surface area (TPSA) is 74.0 Å². The number of carbonyl (C=O) groups is 2. The molecule has 2 aromatic carbocycles. The average Bonchev–Trinajstić information content (AvgIpc) is 3.33. The molecular formula is C23H20ClF2N3O2. The maximum Gasteiger partial charge on any atom is 0.242 e. The number of aromatic nitrogens is 1. The Bertz CT molecular complexity index is 1130. The number of benzene rings is 2. The summed E-state index contributed by atoms with van der Waals surface area (Å²) in [5.41, 5.74) is 2.97. The summed E-state index contributed by atoms with van der Waals surface area (Å²) in [4.78, 5) is 27.2. The highest BCUT2D eigenvalue weighted by atomic mass is 35.5. The molecule has 0 radical (unpaired) electrons. The minimum atomic E-state index is -0.696. The molecule has 160 valence electrons. The van der Waals surface area contributed by atoms with Crippen molar-refractivity contribution < 1.29 is 18.4 Å². The molecule has 2 amide bonds. The van der Waals surface area contributed by atoms with E-state index < -0.39 is 17.7 Å². The van der Waals surface area contributed by atoms with Crippen LogP contribution in [-0.2, 0) is 16.0 Å². The third kappa shape index (κ3) is 4.77. The van der Waals surface area contributed by atoms with Crippen LogP contribution >= 0.6 is 11.6 Å². The summed E-state index contributed by atoms with van der Waals surface area (Å²) in [6.07, 6.45) is 0.995. The van der Waals surface area contributed by atoms with Crippen molar-refractivity contribution in [3.05, 3.63) is 70.8 Å². The van der Waals surface area contributed by atoms with Gasteiger partial charge in [-0.3, -0.25) is 9.59 Å². The van der Waals surface area contributed by atoms with Crippen LogP contribution in [0.25, 0.3) is 22.5 Å². The summed E-state index contributed by atoms with van der Waals surface area (Å²) < 4.78 is 27.9. The van der Waals surface area contributed by atoms with Gasteiger partial charge in [0.2, 0.25) is 11.8 Å². The van der Waals surface area contributed by atoms with E-state index in [0.717, 1.165) is 17.3 Å². The predicted molar refractivity (Wildman–Crippen MR) is 114 cm³/mol. The van der Waals surface area contributed by atoms with Gasteiger partial charge in [0, 0.05) is 35.3 Å². The third-order valence-electron chi connectivity index (χ3n) is 5.26. The van der Waals surface area contributed by atoms with Crippen molar-refractivity contribution in [2.24, 2.45) is 0 Å². The molecule has 0 saturated carbocycles. The second-order valence-electron chi connectivity index (χ2n) is 7.41. The first-order valence-corrected chi connectivity index (χ1v) is 10.3. The number of H-pyrrole nitrogens is 1. The number of aromatic amines is 1. The predicted octanol–water partition coefficient (Wildman–Crippen LogP) is 4.22. The van der Waals surface area contributed by atoms with Crippen molar-refractivity contribution in [3.8, 4) is 22.5 Å². The van der Waals surface area contributed by atoms with E-state index in [1.165, 1.54) is 12.1 Å². The SMILES string of the molecule is O=C(CCc1cc(-c2ccc(Cl)cc2)[nH]c1-c1ccc(F)cc1F)NC1CCNC1=O. The smallest absolute Gasteiger partial charge is 0.242 e. The monoisotopic (exact) mass is 443 g/mol. The van der Waals surface area contributed by atoms with E-state index >= 15 is 0 Å². The number of amides is 2. The molecule has 1 unspecified atom stereocenters. The van der Waals surface area contributed by atoms with Gasteiger partial charge in [-0.25, -0.2) is 8.78 Å². The lowest BCUT2D eigenvalue weighted by molar-refractivity contribution is -0.127. The quantitative estimate of drug-likeness (QED) is 0.533. The number of rotatable bonds is 6. The number of hydrogen-bond acceptors (Lipinski definition) is 2. The molecule has 3 aromatic rings. The second-order valence-corrected chi connectivity index (χ2v) is 7.85. The summed E-state index contributed by atoms with van der Waals surface area (Å²) in [5, 5.41) is 5.99. The highest BCUT2D eigenvalue weighted by molar-refractivity contribution is 6.30. The Labute approximate surface area is 182 Å². The molecule has 1 saturated heterocycles. The fraction of sp³-hybridized carbons (Fsp3) is 0.217. The molecule has 1 atom stereocenters. The molecule has 1 aliphatic heterocycles. The van der Waals surface area contributed by atoms with Crippen LogP contribution in [0.3, 0.4) is 0 Å². The summed E-state index contributed by atoms with van der Waals surface area (Å²) in [6, 6.07) is 11.9. The van der Waals surface area contributed by atoms with Gasteiger partial charge in [0.1, 0.15) is 17.7 Å². The Balaban J connectivity index is 1.60. The van der Waals surface area contributed by atoms with Crippen LogP contribution in [0, 0.1) is 11.6 Å². The van der Waals surface area contributed by atoms with Crippen LogP contribution in [0.5, 0.6) is 0 Å². The first-order valence-electron chi connectivity index (χ1n) is 9.91. The average molecular weight is 444 g/mol. The van der Waals surface area contributed by atoms with Gasteiger partial charge in [-0.2, -0.15) is 0 Å². The van der Waals surface area contributed by atoms with E-state index in [4.69, 9.17) is 11.6 Å². The Morgan fingerprint density at radius 1 is 1.13 bits per heavy atom. The number of halogens is 3. The Hall–Kier alpha value is -3.19. The van der Waals surface area contributed by atoms with Crippen molar-refractivity contribution in [2.75, 3.05) is 6.54 Å². The van der Waals surface area contributed by atoms with Crippen LogP contribution < -0.4 is 10.6 Å². The zero-order valence-electron chi connectivity index (χ0n) is 16.5. The van der Waals surface area contributed by atoms with E-state index in [1.54, 1.807) is 12.1 Å². The molecule has 1 fully saturated rings. The molecule has 0 spiro atoms. The Morgan fingerprint density at radius 2 is 1.90 bits per heavy atom. The van der Waals surface area contributed by atoms with Crippen molar-refractivity contribution in [3.63, 3.8) is 0 Å². The van der Waals surface area contributed by atoms with Gasteiger partial charge >= 0.3 is 0 Å². The van der Waals surface area contributed by atoms with Crippen LogP contribution in [0.15, 0.2) is 48.5 Å². The number of aryl methyl sites for hydroxylation is 1. The van der Waals surface area contributed by atoms with E-state index in [0.29, 0.717) is 35.7 Å². The maximum atomic E-state index is 14.5.